The molecule has 2 aliphatic rings. The van der Waals surface area contributed by atoms with Crippen LogP contribution in [0.2, 0.25) is 0 Å². The Kier molecular flexibility index (Phi) is 7.33. The number of likely N-dealkylation sites (N-methyl/N-ethyl adjacent to an activating group) is 1. The van der Waals surface area contributed by atoms with Crippen LogP contribution < -0.4 is 15.1 Å². The van der Waals surface area contributed by atoms with Crippen LogP contribution in [0.4, 0.5) is 23.1 Å². The van der Waals surface area contributed by atoms with E-state index in [-0.39, 0.29) is 17.5 Å². The molecule has 1 aromatic carbocycles. The number of nitrogens with one attached hydrogen (secondary N) is 1. The van der Waals surface area contributed by atoms with Crippen molar-refractivity contribution in [1.29, 1.82) is 0 Å². The molecule has 1 atom stereocenters. The van der Waals surface area contributed by atoms with E-state index < -0.39 is 5.97 Å². The van der Waals surface area contributed by atoms with Crippen molar-refractivity contribution in [2.75, 3.05) is 22.2 Å². The van der Waals surface area contributed by atoms with Gasteiger partial charge in [-0.05, 0) is 50.5 Å². The molecule has 1 amide bonds. The standard InChI is InChI=1S/C22H27N5O3.C2H6/c1-13-11-15(21(29)30)9-10-17(13)24-22-23-12-18-19(25-22)27(14(2)20(28)26(18)3)16-7-5-4-6-8-16;1-2/h9-12,14,16H,4-8H2,1-3H3,(H,29,30)(H,23,24,25);1-2H3. The van der Waals surface area contributed by atoms with Gasteiger partial charge >= 0.3 is 5.97 Å². The summed E-state index contributed by atoms with van der Waals surface area (Å²) in [7, 11) is 1.76. The fourth-order valence-electron chi connectivity index (χ4n) is 4.46. The van der Waals surface area contributed by atoms with Crippen molar-refractivity contribution >= 4 is 35.0 Å². The van der Waals surface area contributed by atoms with E-state index in [4.69, 9.17) is 10.1 Å². The number of carboxylic acids is 1. The zero-order valence-electron chi connectivity index (χ0n) is 19.6. The number of nitrogens with zero attached hydrogens (tertiary/aromatic N) is 4. The number of carbonyl (C=O) groups is 2. The molecule has 1 aromatic heterocycles. The minimum absolute atomic E-state index is 0.0532. The first-order valence-electron chi connectivity index (χ1n) is 11.4. The predicted octanol–water partition coefficient (Wildman–Crippen LogP) is 4.76. The third kappa shape index (κ3) is 4.54. The number of carbonyl (C=O) groups excluding carboxylic acids is 1. The summed E-state index contributed by atoms with van der Waals surface area (Å²) in [5.41, 5.74) is 2.49. The third-order valence-electron chi connectivity index (χ3n) is 6.15. The van der Waals surface area contributed by atoms with E-state index in [1.54, 1.807) is 36.3 Å². The summed E-state index contributed by atoms with van der Waals surface area (Å²) in [4.78, 5) is 37.0. The SMILES string of the molecule is CC.Cc1cc(C(=O)O)ccc1Nc1ncc2c(n1)N(C1CCCCC1)C(C)C(=O)N2C. The minimum Gasteiger partial charge on any atom is -0.478 e. The molecule has 1 fully saturated rings. The highest BCUT2D eigenvalue weighted by molar-refractivity contribution is 6.04. The van der Waals surface area contributed by atoms with E-state index in [9.17, 15) is 9.59 Å². The first kappa shape index (κ1) is 23.5. The van der Waals surface area contributed by atoms with E-state index in [0.29, 0.717) is 17.7 Å². The van der Waals surface area contributed by atoms with Gasteiger partial charge in [0, 0.05) is 18.8 Å². The highest BCUT2D eigenvalue weighted by Crippen LogP contribution is 2.38. The molecule has 4 rings (SSSR count). The molecule has 0 radical (unpaired) electrons. The smallest absolute Gasteiger partial charge is 0.335 e. The lowest BCUT2D eigenvalue weighted by Gasteiger charge is -2.44. The van der Waals surface area contributed by atoms with E-state index in [1.165, 1.54) is 19.3 Å². The average Bonchev–Trinajstić information content (AvgIpc) is 2.81. The maximum Gasteiger partial charge on any atom is 0.335 e. The summed E-state index contributed by atoms with van der Waals surface area (Å²) in [5, 5.41) is 12.4. The number of aromatic nitrogens is 2. The number of hydrogen-bond donors (Lipinski definition) is 2. The molecular weight excluding hydrogens is 406 g/mol. The maximum absolute atomic E-state index is 12.8. The van der Waals surface area contributed by atoms with Gasteiger partial charge in [0.05, 0.1) is 11.8 Å². The zero-order chi connectivity index (χ0) is 23.4. The number of anilines is 4. The van der Waals surface area contributed by atoms with Gasteiger partial charge in [0.2, 0.25) is 11.9 Å². The Balaban J connectivity index is 0.00000141. The molecule has 2 N–H and O–H groups in total. The summed E-state index contributed by atoms with van der Waals surface area (Å²) >= 11 is 0. The Labute approximate surface area is 189 Å². The highest BCUT2D eigenvalue weighted by Gasteiger charge is 2.39. The summed E-state index contributed by atoms with van der Waals surface area (Å²) in [5.74, 6) is 0.293. The average molecular weight is 440 g/mol. The van der Waals surface area contributed by atoms with Crippen LogP contribution in [-0.2, 0) is 4.79 Å². The molecule has 172 valence electrons. The van der Waals surface area contributed by atoms with Gasteiger partial charge in [-0.1, -0.05) is 33.1 Å². The molecule has 2 heterocycles. The third-order valence-corrected chi connectivity index (χ3v) is 6.15. The van der Waals surface area contributed by atoms with Crippen molar-refractivity contribution < 1.29 is 14.7 Å². The second kappa shape index (κ2) is 9.97. The van der Waals surface area contributed by atoms with Crippen LogP contribution in [-0.4, -0.2) is 46.1 Å². The van der Waals surface area contributed by atoms with Gasteiger partial charge in [-0.2, -0.15) is 4.98 Å². The molecule has 0 saturated heterocycles. The van der Waals surface area contributed by atoms with Gasteiger partial charge < -0.3 is 20.2 Å². The van der Waals surface area contributed by atoms with Gasteiger partial charge in [0.25, 0.3) is 0 Å². The van der Waals surface area contributed by atoms with Gasteiger partial charge in [0.1, 0.15) is 11.7 Å². The van der Waals surface area contributed by atoms with Crippen molar-refractivity contribution in [3.8, 4) is 0 Å². The van der Waals surface area contributed by atoms with Crippen molar-refractivity contribution in [3.05, 3.63) is 35.5 Å². The van der Waals surface area contributed by atoms with Crippen molar-refractivity contribution in [1.82, 2.24) is 9.97 Å². The van der Waals surface area contributed by atoms with E-state index in [1.807, 2.05) is 27.7 Å². The van der Waals surface area contributed by atoms with Crippen molar-refractivity contribution in [2.24, 2.45) is 0 Å². The summed E-state index contributed by atoms with van der Waals surface area (Å²) in [6.45, 7) is 7.79. The molecule has 1 aliphatic carbocycles. The molecule has 2 aromatic rings. The summed E-state index contributed by atoms with van der Waals surface area (Å²) < 4.78 is 0. The quantitative estimate of drug-likeness (QED) is 0.709. The topological polar surface area (TPSA) is 98.7 Å². The number of amides is 1. The first-order valence-corrected chi connectivity index (χ1v) is 11.4. The molecule has 0 bridgehead atoms. The number of carboxylic acid groups (broad SMARTS) is 1. The lowest BCUT2D eigenvalue weighted by Crippen LogP contribution is -2.55. The molecule has 1 unspecified atom stereocenters. The number of rotatable bonds is 4. The Bertz CT molecular complexity index is 988. The Hall–Kier alpha value is -3.16. The Morgan fingerprint density at radius 2 is 1.88 bits per heavy atom. The summed E-state index contributed by atoms with van der Waals surface area (Å²) in [6.07, 6.45) is 7.37. The molecule has 1 aliphatic heterocycles. The monoisotopic (exact) mass is 439 g/mol. The second-order valence-electron chi connectivity index (χ2n) is 8.13. The normalized spacial score (nSPS) is 18.5. The number of benzene rings is 1. The molecule has 0 spiro atoms. The first-order chi connectivity index (χ1) is 15.4. The number of fused-ring (bicyclic) bond motifs is 1. The Morgan fingerprint density at radius 1 is 1.19 bits per heavy atom. The largest absolute Gasteiger partial charge is 0.478 e. The predicted molar refractivity (Wildman–Crippen MR) is 127 cm³/mol. The lowest BCUT2D eigenvalue weighted by molar-refractivity contribution is -0.119. The van der Waals surface area contributed by atoms with Crippen LogP contribution in [0.1, 0.15) is 68.8 Å². The van der Waals surface area contributed by atoms with Crippen LogP contribution in [0.25, 0.3) is 0 Å². The molecule has 8 heteroatoms. The summed E-state index contributed by atoms with van der Waals surface area (Å²) in [6, 6.07) is 4.92. The van der Waals surface area contributed by atoms with Crippen molar-refractivity contribution in [3.63, 3.8) is 0 Å². The van der Waals surface area contributed by atoms with Crippen LogP contribution in [0, 0.1) is 6.92 Å². The van der Waals surface area contributed by atoms with Gasteiger partial charge in [-0.15, -0.1) is 0 Å². The van der Waals surface area contributed by atoms with Crippen LogP contribution >= 0.6 is 0 Å². The van der Waals surface area contributed by atoms with Crippen LogP contribution in [0.15, 0.2) is 24.4 Å². The van der Waals surface area contributed by atoms with Gasteiger partial charge in [0.15, 0.2) is 5.82 Å². The van der Waals surface area contributed by atoms with E-state index in [0.717, 1.165) is 29.9 Å². The Morgan fingerprint density at radius 3 is 2.50 bits per heavy atom. The fraction of sp³-hybridized carbons (Fsp3) is 0.500. The number of aryl methyl sites for hydroxylation is 1. The zero-order valence-corrected chi connectivity index (χ0v) is 19.6. The van der Waals surface area contributed by atoms with Gasteiger partial charge in [-0.25, -0.2) is 9.78 Å². The molecule has 1 saturated carbocycles. The lowest BCUT2D eigenvalue weighted by atomic mass is 9.92. The van der Waals surface area contributed by atoms with Crippen LogP contribution in [0.3, 0.4) is 0 Å². The minimum atomic E-state index is -0.959. The molecular formula is C24H33N5O3. The van der Waals surface area contributed by atoms with Gasteiger partial charge in [-0.3, -0.25) is 4.79 Å². The van der Waals surface area contributed by atoms with E-state index >= 15 is 0 Å². The number of hydrogen-bond acceptors (Lipinski definition) is 6. The van der Waals surface area contributed by atoms with Crippen molar-refractivity contribution in [2.45, 2.75) is 71.9 Å². The van der Waals surface area contributed by atoms with Crippen LogP contribution in [0.5, 0.6) is 0 Å². The number of aromatic carboxylic acids is 1. The maximum atomic E-state index is 12.8. The fourth-order valence-corrected chi connectivity index (χ4v) is 4.46. The van der Waals surface area contributed by atoms with E-state index in [2.05, 4.69) is 15.2 Å². The molecule has 8 nitrogen and oxygen atoms in total. The highest BCUT2D eigenvalue weighted by atomic mass is 16.4. The second-order valence-corrected chi connectivity index (χ2v) is 8.13. The molecule has 32 heavy (non-hydrogen) atoms.